The highest BCUT2D eigenvalue weighted by atomic mass is 19.1. The van der Waals surface area contributed by atoms with Crippen LogP contribution in [0.2, 0.25) is 0 Å². The fourth-order valence-electron chi connectivity index (χ4n) is 7.75. The molecule has 1 saturated heterocycles. The lowest BCUT2D eigenvalue weighted by molar-refractivity contribution is -0.239. The summed E-state index contributed by atoms with van der Waals surface area (Å²) in [7, 11) is 0. The second-order valence-corrected chi connectivity index (χ2v) is 10.6. The minimum Gasteiger partial charge on any atom is -0.479 e. The van der Waals surface area contributed by atoms with Crippen molar-refractivity contribution < 1.29 is 38.1 Å². The zero-order chi connectivity index (χ0) is 23.3. The number of carboxylic acids is 1. The van der Waals surface area contributed by atoms with Crippen molar-refractivity contribution >= 4 is 11.8 Å². The molecule has 1 heterocycles. The second-order valence-electron chi connectivity index (χ2n) is 10.6. The van der Waals surface area contributed by atoms with E-state index in [0.717, 1.165) is 12.5 Å². The van der Waals surface area contributed by atoms with Gasteiger partial charge in [0.15, 0.2) is 23.3 Å². The van der Waals surface area contributed by atoms with Crippen LogP contribution in [0.5, 0.6) is 0 Å². The minimum atomic E-state index is -2.25. The fraction of sp³-hybridized carbons (Fsp3) is 0.750. The van der Waals surface area contributed by atoms with Crippen LogP contribution in [0, 0.1) is 22.7 Å². The topological polar surface area (TPSA) is 93.1 Å². The molecule has 4 fully saturated rings. The Morgan fingerprint density at radius 1 is 1.28 bits per heavy atom. The molecular weight excluding hydrogens is 422 g/mol. The lowest BCUT2D eigenvalue weighted by atomic mass is 9.44. The first-order chi connectivity index (χ1) is 15.0. The zero-order valence-electron chi connectivity index (χ0n) is 18.5. The molecule has 0 radical (unpaired) electrons. The van der Waals surface area contributed by atoms with Gasteiger partial charge in [-0.3, -0.25) is 4.79 Å². The van der Waals surface area contributed by atoms with Gasteiger partial charge in [0.25, 0.3) is 0 Å². The van der Waals surface area contributed by atoms with Crippen molar-refractivity contribution in [3.63, 3.8) is 0 Å². The largest absolute Gasteiger partial charge is 0.479 e. The predicted molar refractivity (Wildman–Crippen MR) is 109 cm³/mol. The number of ketones is 1. The number of allylic oxidation sites excluding steroid dienone is 4. The molecule has 0 amide bonds. The van der Waals surface area contributed by atoms with Gasteiger partial charge >= 0.3 is 5.97 Å². The van der Waals surface area contributed by atoms with Crippen LogP contribution in [0.3, 0.4) is 0 Å². The summed E-state index contributed by atoms with van der Waals surface area (Å²) in [5.74, 6) is -3.11. The Hall–Kier alpha value is -1.64. The highest BCUT2D eigenvalue weighted by molar-refractivity contribution is 6.01. The molecule has 5 aliphatic rings. The summed E-state index contributed by atoms with van der Waals surface area (Å²) in [6, 6.07) is 0. The fourth-order valence-corrected chi connectivity index (χ4v) is 7.75. The van der Waals surface area contributed by atoms with E-state index in [-0.39, 0.29) is 24.8 Å². The number of hydrogen-bond donors (Lipinski definition) is 2. The van der Waals surface area contributed by atoms with Crippen LogP contribution in [0.25, 0.3) is 0 Å². The Labute approximate surface area is 185 Å². The average molecular weight is 452 g/mol. The molecule has 3 saturated carbocycles. The molecule has 1 unspecified atom stereocenters. The second kappa shape index (κ2) is 6.70. The van der Waals surface area contributed by atoms with E-state index in [1.165, 1.54) is 19.1 Å². The first kappa shape index (κ1) is 22.2. The van der Waals surface area contributed by atoms with Crippen LogP contribution in [-0.4, -0.2) is 57.9 Å². The van der Waals surface area contributed by atoms with Crippen LogP contribution in [0.4, 0.5) is 8.78 Å². The van der Waals surface area contributed by atoms with E-state index in [4.69, 9.17) is 9.47 Å². The Morgan fingerprint density at radius 3 is 2.66 bits per heavy atom. The molecule has 0 spiro atoms. The van der Waals surface area contributed by atoms with Gasteiger partial charge in [0.1, 0.15) is 12.3 Å². The van der Waals surface area contributed by atoms with E-state index in [9.17, 15) is 19.8 Å². The van der Waals surface area contributed by atoms with Crippen molar-refractivity contribution in [2.75, 3.05) is 0 Å². The van der Waals surface area contributed by atoms with Crippen molar-refractivity contribution in [3.8, 4) is 0 Å². The smallest absolute Gasteiger partial charge is 0.339 e. The van der Waals surface area contributed by atoms with Gasteiger partial charge in [0.05, 0.1) is 6.10 Å². The molecule has 6 nitrogen and oxygen atoms in total. The molecule has 0 aromatic heterocycles. The third kappa shape index (κ3) is 2.33. The lowest BCUT2D eigenvalue weighted by Gasteiger charge is -2.62. The molecule has 32 heavy (non-hydrogen) atoms. The number of halogens is 2. The van der Waals surface area contributed by atoms with Gasteiger partial charge in [-0.15, -0.1) is 0 Å². The van der Waals surface area contributed by atoms with Crippen molar-refractivity contribution in [2.45, 2.75) is 88.8 Å². The van der Waals surface area contributed by atoms with Crippen LogP contribution in [-0.2, 0) is 19.1 Å². The van der Waals surface area contributed by atoms with Crippen LogP contribution < -0.4 is 0 Å². The highest BCUT2D eigenvalue weighted by Gasteiger charge is 2.80. The van der Waals surface area contributed by atoms with E-state index < -0.39 is 70.4 Å². The van der Waals surface area contributed by atoms with Gasteiger partial charge in [0, 0.05) is 16.7 Å². The van der Waals surface area contributed by atoms with Gasteiger partial charge in [-0.2, -0.15) is 0 Å². The average Bonchev–Trinajstić information content (AvgIpc) is 3.19. The Kier molecular flexibility index (Phi) is 4.64. The maximum Gasteiger partial charge on any atom is 0.339 e. The molecular formula is C24H30F2O6. The maximum atomic E-state index is 17.1. The number of ether oxygens (including phenoxy) is 2. The Bertz CT molecular complexity index is 933. The van der Waals surface area contributed by atoms with E-state index in [1.807, 2.05) is 6.92 Å². The van der Waals surface area contributed by atoms with Crippen molar-refractivity contribution in [2.24, 2.45) is 22.7 Å². The number of carbonyl (C=O) groups is 2. The molecule has 0 aromatic rings. The lowest BCUT2D eigenvalue weighted by Crippen LogP contribution is -2.70. The van der Waals surface area contributed by atoms with Crippen molar-refractivity contribution in [3.05, 3.63) is 23.8 Å². The van der Waals surface area contributed by atoms with Gasteiger partial charge < -0.3 is 19.7 Å². The van der Waals surface area contributed by atoms with Gasteiger partial charge in [-0.25, -0.2) is 13.6 Å². The SMILES string of the molecule is CCCC1O[C@@H]2C[C@H]3[C@@H]4C[C@H](F)C5=CC(=O)C=C[C@]5(C)[C@@]4(F)[C@@H](O)C[C@]3(C)[C@]2(C(=O)O)O1. The van der Waals surface area contributed by atoms with Crippen LogP contribution in [0.15, 0.2) is 23.8 Å². The predicted octanol–water partition coefficient (Wildman–Crippen LogP) is 3.28. The number of hydrogen-bond acceptors (Lipinski definition) is 5. The van der Waals surface area contributed by atoms with Gasteiger partial charge in [-0.1, -0.05) is 26.3 Å². The maximum absolute atomic E-state index is 17.1. The molecule has 1 aliphatic heterocycles. The third-order valence-corrected chi connectivity index (χ3v) is 9.26. The van der Waals surface area contributed by atoms with E-state index in [2.05, 4.69) is 0 Å². The quantitative estimate of drug-likeness (QED) is 0.683. The van der Waals surface area contributed by atoms with Crippen LogP contribution in [0.1, 0.15) is 52.9 Å². The third-order valence-electron chi connectivity index (χ3n) is 9.26. The summed E-state index contributed by atoms with van der Waals surface area (Å²) < 4.78 is 44.6. The Morgan fingerprint density at radius 2 is 2.00 bits per heavy atom. The number of aliphatic hydroxyl groups is 1. The summed E-state index contributed by atoms with van der Waals surface area (Å²) in [6.45, 7) is 5.19. The molecule has 2 N–H and O–H groups in total. The first-order valence-electron chi connectivity index (χ1n) is 11.5. The summed E-state index contributed by atoms with van der Waals surface area (Å²) in [4.78, 5) is 24.5. The number of carboxylic acid groups (broad SMARTS) is 1. The van der Waals surface area contributed by atoms with E-state index >= 15 is 8.78 Å². The van der Waals surface area contributed by atoms with Crippen molar-refractivity contribution in [1.29, 1.82) is 0 Å². The number of alkyl halides is 2. The molecule has 5 rings (SSSR count). The number of aliphatic carboxylic acids is 1. The standard InChI is InChI=1S/C24H30F2O6/c1-4-5-19-31-18-10-13-14-9-16(25)15-8-12(27)6-7-21(15,2)23(14,26)17(28)11-22(13,3)24(18,32-19)20(29)30/h6-8,13-14,16-19,28H,4-5,9-11H2,1-3H3,(H,29,30)/t13-,14-,16-,17-,18+,19?,21-,22-,23-,24-/m0/s1. The summed E-state index contributed by atoms with van der Waals surface area (Å²) in [5.41, 5.74) is -6.56. The minimum absolute atomic E-state index is 0.0491. The van der Waals surface area contributed by atoms with Crippen molar-refractivity contribution in [1.82, 2.24) is 0 Å². The normalized spacial score (nSPS) is 53.8. The Balaban J connectivity index is 1.62. The molecule has 0 bridgehead atoms. The summed E-state index contributed by atoms with van der Waals surface area (Å²) >= 11 is 0. The van der Waals surface area contributed by atoms with Gasteiger partial charge in [0.2, 0.25) is 0 Å². The summed E-state index contributed by atoms with van der Waals surface area (Å²) in [6.07, 6.45) is 0.269. The molecule has 10 atom stereocenters. The summed E-state index contributed by atoms with van der Waals surface area (Å²) in [5, 5.41) is 21.6. The number of carbonyl (C=O) groups excluding carboxylic acids is 1. The highest BCUT2D eigenvalue weighted by Crippen LogP contribution is 2.72. The van der Waals surface area contributed by atoms with Crippen LogP contribution >= 0.6 is 0 Å². The van der Waals surface area contributed by atoms with E-state index in [1.54, 1.807) is 6.92 Å². The zero-order valence-corrected chi connectivity index (χ0v) is 18.5. The van der Waals surface area contributed by atoms with E-state index in [0.29, 0.717) is 6.42 Å². The first-order valence-corrected chi connectivity index (χ1v) is 11.5. The number of aliphatic hydroxyl groups excluding tert-OH is 1. The molecule has 0 aromatic carbocycles. The number of rotatable bonds is 3. The van der Waals surface area contributed by atoms with Gasteiger partial charge in [-0.05, 0) is 56.3 Å². The molecule has 8 heteroatoms. The monoisotopic (exact) mass is 452 g/mol. The number of fused-ring (bicyclic) bond motifs is 7. The molecule has 4 aliphatic carbocycles. The molecule has 176 valence electrons.